The Bertz CT molecular complexity index is 2000. The lowest BCUT2D eigenvalue weighted by Crippen LogP contribution is -2.66. The van der Waals surface area contributed by atoms with Crippen molar-refractivity contribution in [3.8, 4) is 0 Å². The molecule has 3 saturated heterocycles. The van der Waals surface area contributed by atoms with E-state index in [-0.39, 0.29) is 12.3 Å². The van der Waals surface area contributed by atoms with Gasteiger partial charge in [0.15, 0.2) is 18.9 Å². The fraction of sp³-hybridized carbons (Fsp3) is 0.677. The molecule has 3 aliphatic heterocycles. The van der Waals surface area contributed by atoms with Crippen molar-refractivity contribution < 1.29 is 89.4 Å². The summed E-state index contributed by atoms with van der Waals surface area (Å²) >= 11 is 0. The quantitative estimate of drug-likeness (QED) is 0.0243. The van der Waals surface area contributed by atoms with Gasteiger partial charge in [-0.15, -0.1) is 0 Å². The first-order chi connectivity index (χ1) is 40.8. The minimum atomic E-state index is -1.99. The zero-order chi connectivity index (χ0) is 61.2. The molecule has 19 heteroatoms. The molecule has 3 heterocycles. The molecule has 17 atom stereocenters. The lowest BCUT2D eigenvalue weighted by atomic mass is 9.96. The highest BCUT2D eigenvalue weighted by atomic mass is 16.8. The average molecular weight is 1190 g/mol. The van der Waals surface area contributed by atoms with Gasteiger partial charge in [-0.05, 0) is 96.3 Å². The Labute approximate surface area is 499 Å². The van der Waals surface area contributed by atoms with Gasteiger partial charge < -0.3 is 89.9 Å². The van der Waals surface area contributed by atoms with Crippen LogP contribution in [0.25, 0.3) is 0 Å². The number of hydrogen-bond donors (Lipinski definition) is 12. The predicted molar refractivity (Wildman–Crippen MR) is 323 cm³/mol. The van der Waals surface area contributed by atoms with Gasteiger partial charge in [0.1, 0.15) is 73.2 Å². The number of unbranched alkanes of at least 4 members (excludes halogenated alkanes) is 9. The molecular formula is C65H105NO18. The van der Waals surface area contributed by atoms with E-state index in [0.29, 0.717) is 12.8 Å². The fourth-order valence-corrected chi connectivity index (χ4v) is 9.45. The summed E-state index contributed by atoms with van der Waals surface area (Å²) in [5.41, 5.74) is 0. The van der Waals surface area contributed by atoms with Gasteiger partial charge in [0, 0.05) is 6.42 Å². The number of rotatable bonds is 43. The Hall–Kier alpha value is -3.81. The van der Waals surface area contributed by atoms with Crippen molar-refractivity contribution in [1.29, 1.82) is 0 Å². The summed E-state index contributed by atoms with van der Waals surface area (Å²) in [4.78, 5) is 13.3. The van der Waals surface area contributed by atoms with Gasteiger partial charge >= 0.3 is 0 Å². The number of aliphatic hydroxyl groups excluding tert-OH is 11. The van der Waals surface area contributed by atoms with Crippen LogP contribution in [0.3, 0.4) is 0 Å². The van der Waals surface area contributed by atoms with Crippen molar-refractivity contribution in [1.82, 2.24) is 5.32 Å². The maximum absolute atomic E-state index is 13.3. The van der Waals surface area contributed by atoms with Crippen LogP contribution in [0.4, 0.5) is 0 Å². The number of hydrogen-bond acceptors (Lipinski definition) is 18. The Morgan fingerprint density at radius 2 is 0.833 bits per heavy atom. The number of nitrogens with one attached hydrogen (secondary N) is 1. The predicted octanol–water partition coefficient (Wildman–Crippen LogP) is 6.09. The molecule has 0 aromatic heterocycles. The summed E-state index contributed by atoms with van der Waals surface area (Å²) in [7, 11) is 0. The van der Waals surface area contributed by atoms with Crippen LogP contribution >= 0.6 is 0 Å². The monoisotopic (exact) mass is 1190 g/mol. The molecule has 0 radical (unpaired) electrons. The fourth-order valence-electron chi connectivity index (χ4n) is 9.45. The number of amides is 1. The van der Waals surface area contributed by atoms with E-state index in [9.17, 15) is 61.0 Å². The molecule has 12 N–H and O–H groups in total. The molecule has 478 valence electrons. The molecular weight excluding hydrogens is 1080 g/mol. The van der Waals surface area contributed by atoms with Gasteiger partial charge in [-0.1, -0.05) is 167 Å². The van der Waals surface area contributed by atoms with Crippen molar-refractivity contribution in [2.75, 3.05) is 26.4 Å². The van der Waals surface area contributed by atoms with Crippen molar-refractivity contribution in [3.63, 3.8) is 0 Å². The molecule has 0 saturated carbocycles. The highest BCUT2D eigenvalue weighted by Gasteiger charge is 2.53. The lowest BCUT2D eigenvalue weighted by molar-refractivity contribution is -0.379. The standard InChI is InChI=1S/C65H105NO18/c1-3-5-7-9-11-13-15-17-18-19-20-21-22-23-24-25-26-27-28-29-30-31-33-35-37-39-41-43-53(71)66-48(49(70)42-40-38-36-34-32-16-14-12-10-8-6-4-2)47-79-63-59(77)56(74)61(51(45-68)81-63)84-65-60(78)57(75)62(52(46-69)82-65)83-64-58(76)55(73)54(72)50(44-67)80-64/h5,7,11,13,17-18,20-21,23-24,26-27,29-30,32-35,40,42,48-52,54-65,67-70,72-78H,3-4,6,8-10,12,14-16,19,22,25,28,31,36-39,41,43-47H2,1-2H3,(H,66,71)/b7-5-,13-11-,18-17-,21-20-,24-23-,27-26-,30-29-,34-32+,35-33-,42-40+. The first-order valence-electron chi connectivity index (χ1n) is 30.8. The first kappa shape index (κ1) is 74.4. The maximum atomic E-state index is 13.3. The molecule has 84 heavy (non-hydrogen) atoms. The molecule has 3 rings (SSSR count). The third kappa shape index (κ3) is 29.3. The second-order valence-electron chi connectivity index (χ2n) is 21.4. The Morgan fingerprint density at radius 1 is 0.440 bits per heavy atom. The van der Waals surface area contributed by atoms with Crippen molar-refractivity contribution in [2.24, 2.45) is 0 Å². The number of carbonyl (C=O) groups excluding carboxylic acids is 1. The van der Waals surface area contributed by atoms with E-state index in [0.717, 1.165) is 83.5 Å². The molecule has 0 spiro atoms. The van der Waals surface area contributed by atoms with Gasteiger partial charge in [0.25, 0.3) is 0 Å². The number of aliphatic hydroxyl groups is 11. The van der Waals surface area contributed by atoms with E-state index in [1.54, 1.807) is 6.08 Å². The van der Waals surface area contributed by atoms with E-state index in [2.05, 4.69) is 129 Å². The second-order valence-corrected chi connectivity index (χ2v) is 21.4. The van der Waals surface area contributed by atoms with E-state index in [4.69, 9.17) is 28.4 Å². The van der Waals surface area contributed by atoms with Crippen molar-refractivity contribution in [3.05, 3.63) is 122 Å². The number of ether oxygens (including phenoxy) is 6. The van der Waals surface area contributed by atoms with E-state index in [1.807, 2.05) is 6.08 Å². The third-order valence-corrected chi connectivity index (χ3v) is 14.5. The van der Waals surface area contributed by atoms with Crippen molar-refractivity contribution >= 4 is 5.91 Å². The van der Waals surface area contributed by atoms with Gasteiger partial charge in [-0.2, -0.15) is 0 Å². The van der Waals surface area contributed by atoms with Gasteiger partial charge in [-0.3, -0.25) is 4.79 Å². The third-order valence-electron chi connectivity index (χ3n) is 14.5. The van der Waals surface area contributed by atoms with Gasteiger partial charge in [0.05, 0.1) is 38.6 Å². The molecule has 0 bridgehead atoms. The summed E-state index contributed by atoms with van der Waals surface area (Å²) in [5, 5.41) is 120. The van der Waals surface area contributed by atoms with Crippen LogP contribution in [0.5, 0.6) is 0 Å². The Balaban J connectivity index is 1.48. The van der Waals surface area contributed by atoms with Crippen LogP contribution in [-0.2, 0) is 33.2 Å². The highest BCUT2D eigenvalue weighted by molar-refractivity contribution is 5.76. The lowest BCUT2D eigenvalue weighted by Gasteiger charge is -2.48. The molecule has 0 aromatic rings. The zero-order valence-corrected chi connectivity index (χ0v) is 49.8. The van der Waals surface area contributed by atoms with Crippen LogP contribution in [0, 0.1) is 0 Å². The van der Waals surface area contributed by atoms with E-state index in [1.165, 1.54) is 32.1 Å². The summed E-state index contributed by atoms with van der Waals surface area (Å²) in [6, 6.07) is -1.02. The Morgan fingerprint density at radius 3 is 1.33 bits per heavy atom. The molecule has 3 fully saturated rings. The first-order valence-corrected chi connectivity index (χ1v) is 30.8. The summed E-state index contributed by atoms with van der Waals surface area (Å²) in [5.74, 6) is -0.336. The number of carbonyl (C=O) groups is 1. The molecule has 17 unspecified atom stereocenters. The molecule has 1 amide bonds. The molecule has 0 aromatic carbocycles. The van der Waals surface area contributed by atoms with Crippen molar-refractivity contribution in [2.45, 2.75) is 253 Å². The summed E-state index contributed by atoms with van der Waals surface area (Å²) < 4.78 is 34.2. The van der Waals surface area contributed by atoms with Gasteiger partial charge in [0.2, 0.25) is 5.91 Å². The SMILES string of the molecule is CC/C=C\C/C=C\C/C=C\C/C=C\C/C=C\C/C=C\C/C=C\C/C=C\CCCCC(=O)NC(COC1OC(CO)C(OC2OC(CO)C(OC3OC(CO)C(O)C(O)C3O)C(O)C2O)C(O)C1O)C(O)/C=C/CC/C=C/CCCCCCCC. The molecule has 3 aliphatic rings. The van der Waals surface area contributed by atoms with E-state index < -0.39 is 131 Å². The van der Waals surface area contributed by atoms with Crippen LogP contribution in [-0.4, -0.2) is 193 Å². The van der Waals surface area contributed by atoms with Crippen LogP contribution in [0.1, 0.15) is 149 Å². The van der Waals surface area contributed by atoms with Crippen LogP contribution in [0.15, 0.2) is 122 Å². The zero-order valence-electron chi connectivity index (χ0n) is 49.8. The minimum absolute atomic E-state index is 0.171. The topological polar surface area (TPSA) is 307 Å². The highest BCUT2D eigenvalue weighted by Crippen LogP contribution is 2.33. The normalized spacial score (nSPS) is 30.0. The molecule has 19 nitrogen and oxygen atoms in total. The Kier molecular flexibility index (Phi) is 41.1. The summed E-state index contributed by atoms with van der Waals surface area (Å²) in [6.45, 7) is 1.49. The van der Waals surface area contributed by atoms with E-state index >= 15 is 0 Å². The smallest absolute Gasteiger partial charge is 0.220 e. The average Bonchev–Trinajstić information content (AvgIpc) is 2.98. The number of allylic oxidation sites excluding steroid dienone is 19. The maximum Gasteiger partial charge on any atom is 0.220 e. The van der Waals surface area contributed by atoms with Crippen LogP contribution < -0.4 is 5.32 Å². The largest absolute Gasteiger partial charge is 0.394 e. The summed E-state index contributed by atoms with van der Waals surface area (Å²) in [6.07, 6.45) is 34.8. The second kappa shape index (κ2) is 46.4. The minimum Gasteiger partial charge on any atom is -0.394 e. The van der Waals surface area contributed by atoms with Gasteiger partial charge in [-0.25, -0.2) is 0 Å². The van der Waals surface area contributed by atoms with Crippen LogP contribution in [0.2, 0.25) is 0 Å². The molecule has 0 aliphatic carbocycles.